The van der Waals surface area contributed by atoms with Gasteiger partial charge in [-0.3, -0.25) is 19.3 Å². The number of carbonyl (C=O) groups excluding carboxylic acids is 3. The molecule has 3 unspecified atom stereocenters. The van der Waals surface area contributed by atoms with Gasteiger partial charge in [0, 0.05) is 45.8 Å². The highest BCUT2D eigenvalue weighted by atomic mass is 16.2. The number of nitrogens with one attached hydrogen (secondary N) is 2. The summed E-state index contributed by atoms with van der Waals surface area (Å²) in [6.45, 7) is 4.57. The van der Waals surface area contributed by atoms with Crippen LogP contribution in [-0.2, 0) is 20.9 Å². The number of fused-ring (bicyclic) bond motifs is 1. The maximum absolute atomic E-state index is 13.6. The number of hydrazine groups is 1. The van der Waals surface area contributed by atoms with Crippen LogP contribution >= 0.6 is 0 Å². The van der Waals surface area contributed by atoms with Gasteiger partial charge in [-0.2, -0.15) is 0 Å². The Bertz CT molecular complexity index is 1070. The van der Waals surface area contributed by atoms with Gasteiger partial charge in [0.05, 0.1) is 30.1 Å². The topological polar surface area (TPSA) is 88.2 Å². The van der Waals surface area contributed by atoms with E-state index in [0.717, 1.165) is 11.3 Å². The Kier molecular flexibility index (Phi) is 7.31. The number of hydrogen-bond donors (Lipinski definition) is 2. The lowest BCUT2D eigenvalue weighted by Gasteiger charge is -2.41. The van der Waals surface area contributed by atoms with E-state index in [1.54, 1.807) is 5.01 Å². The fourth-order valence-corrected chi connectivity index (χ4v) is 5.47. The van der Waals surface area contributed by atoms with Crippen LogP contribution in [0.3, 0.4) is 0 Å². The van der Waals surface area contributed by atoms with E-state index >= 15 is 0 Å². The largest absolute Gasteiger partial charge is 0.351 e. The van der Waals surface area contributed by atoms with Crippen LogP contribution in [0, 0.1) is 11.8 Å². The highest BCUT2D eigenvalue weighted by Gasteiger charge is 2.51. The third-order valence-electron chi connectivity index (χ3n) is 7.41. The van der Waals surface area contributed by atoms with Crippen molar-refractivity contribution in [3.8, 4) is 0 Å². The molecule has 3 aliphatic rings. The zero-order valence-corrected chi connectivity index (χ0v) is 20.7. The molecule has 190 valence electrons. The number of piperazine rings is 1. The van der Waals surface area contributed by atoms with E-state index in [0.29, 0.717) is 52.4 Å². The molecule has 3 aliphatic heterocycles. The number of anilines is 1. The van der Waals surface area contributed by atoms with Crippen LogP contribution in [0.4, 0.5) is 5.69 Å². The average molecular weight is 491 g/mol. The fraction of sp³-hybridized carbons (Fsp3) is 0.444. The van der Waals surface area contributed by atoms with Gasteiger partial charge >= 0.3 is 0 Å². The van der Waals surface area contributed by atoms with Crippen molar-refractivity contribution in [2.45, 2.75) is 12.6 Å². The van der Waals surface area contributed by atoms with Crippen LogP contribution in [0.2, 0.25) is 0 Å². The molecule has 9 nitrogen and oxygen atoms in total. The molecule has 0 saturated carbocycles. The van der Waals surface area contributed by atoms with Gasteiger partial charge < -0.3 is 15.1 Å². The van der Waals surface area contributed by atoms with Gasteiger partial charge in [-0.1, -0.05) is 48.5 Å². The van der Waals surface area contributed by atoms with Crippen LogP contribution in [0.15, 0.2) is 60.7 Å². The van der Waals surface area contributed by atoms with Gasteiger partial charge in [0.2, 0.25) is 17.7 Å². The fourth-order valence-electron chi connectivity index (χ4n) is 5.47. The predicted octanol–water partition coefficient (Wildman–Crippen LogP) is 0.545. The van der Waals surface area contributed by atoms with Gasteiger partial charge in [0.1, 0.15) is 0 Å². The Labute approximate surface area is 212 Å². The summed E-state index contributed by atoms with van der Waals surface area (Å²) >= 11 is 0. The van der Waals surface area contributed by atoms with Crippen molar-refractivity contribution in [3.63, 3.8) is 0 Å². The van der Waals surface area contributed by atoms with E-state index in [9.17, 15) is 14.4 Å². The second-order valence-electron chi connectivity index (χ2n) is 9.96. The minimum absolute atomic E-state index is 0.00921. The molecule has 0 aliphatic carbocycles. The maximum Gasteiger partial charge on any atom is 0.247 e. The number of amides is 3. The lowest BCUT2D eigenvalue weighted by atomic mass is 9.84. The summed E-state index contributed by atoms with van der Waals surface area (Å²) < 4.78 is 0. The number of piperidine rings is 1. The first-order valence-corrected chi connectivity index (χ1v) is 12.6. The van der Waals surface area contributed by atoms with Gasteiger partial charge in [-0.15, -0.1) is 0 Å². The number of rotatable bonds is 6. The molecule has 3 atom stereocenters. The number of hydrogen-bond acceptors (Lipinski definition) is 6. The number of likely N-dealkylation sites (tertiary alicyclic amines) is 1. The lowest BCUT2D eigenvalue weighted by Crippen LogP contribution is -2.59. The quantitative estimate of drug-likeness (QED) is 0.615. The minimum Gasteiger partial charge on any atom is -0.351 e. The number of para-hydroxylation sites is 1. The van der Waals surface area contributed by atoms with E-state index in [2.05, 4.69) is 20.5 Å². The zero-order valence-electron chi connectivity index (χ0n) is 20.7. The number of benzene rings is 2. The zero-order chi connectivity index (χ0) is 25.1. The van der Waals surface area contributed by atoms with Crippen molar-refractivity contribution in [1.82, 2.24) is 25.4 Å². The summed E-state index contributed by atoms with van der Waals surface area (Å²) in [6, 6.07) is 19.2. The van der Waals surface area contributed by atoms with Crippen molar-refractivity contribution in [3.05, 3.63) is 66.2 Å². The standard InChI is InChI=1S/C27H34N6O3/c1-30-17-22(25-23(18-30)27(36)33(29-25)21-10-6-3-7-11-21)26(35)32-14-12-31(13-15-32)19-24(34)28-16-20-8-4-2-5-9-20/h2-11,22-23,25,29H,12-19H2,1H3,(H,28,34). The Hall–Kier alpha value is -3.27. The highest BCUT2D eigenvalue weighted by molar-refractivity contribution is 5.98. The average Bonchev–Trinajstić information content (AvgIpc) is 3.24. The van der Waals surface area contributed by atoms with Crippen molar-refractivity contribution in [2.24, 2.45) is 11.8 Å². The molecule has 2 N–H and O–H groups in total. The molecule has 0 radical (unpaired) electrons. The Morgan fingerprint density at radius 1 is 0.944 bits per heavy atom. The summed E-state index contributed by atoms with van der Waals surface area (Å²) in [5, 5.41) is 4.58. The minimum atomic E-state index is -0.299. The van der Waals surface area contributed by atoms with E-state index in [4.69, 9.17) is 0 Å². The summed E-state index contributed by atoms with van der Waals surface area (Å²) in [7, 11) is 1.97. The first kappa shape index (κ1) is 24.4. The molecule has 2 aromatic carbocycles. The monoisotopic (exact) mass is 490 g/mol. The third-order valence-corrected chi connectivity index (χ3v) is 7.41. The van der Waals surface area contributed by atoms with Gasteiger partial charge in [-0.25, -0.2) is 10.4 Å². The van der Waals surface area contributed by atoms with Crippen LogP contribution < -0.4 is 15.8 Å². The molecule has 5 rings (SSSR count). The van der Waals surface area contributed by atoms with E-state index in [1.807, 2.05) is 72.6 Å². The van der Waals surface area contributed by atoms with Gasteiger partial charge in [0.15, 0.2) is 0 Å². The molecule has 9 heteroatoms. The molecular weight excluding hydrogens is 456 g/mol. The molecule has 3 saturated heterocycles. The molecule has 3 amide bonds. The van der Waals surface area contributed by atoms with Crippen molar-refractivity contribution in [1.29, 1.82) is 0 Å². The Morgan fingerprint density at radius 2 is 1.61 bits per heavy atom. The maximum atomic E-state index is 13.6. The normalized spacial score (nSPS) is 25.0. The molecule has 0 spiro atoms. The molecule has 0 bridgehead atoms. The first-order valence-electron chi connectivity index (χ1n) is 12.6. The SMILES string of the molecule is CN1CC(C(=O)N2CCN(CC(=O)NCc3ccccc3)CC2)C2NN(c3ccccc3)C(=O)C2C1. The van der Waals surface area contributed by atoms with Crippen LogP contribution in [-0.4, -0.2) is 91.3 Å². The third kappa shape index (κ3) is 5.28. The molecule has 2 aromatic rings. The molecular formula is C27H34N6O3. The summed E-state index contributed by atoms with van der Waals surface area (Å²) in [6.07, 6.45) is 0. The smallest absolute Gasteiger partial charge is 0.247 e. The Balaban J connectivity index is 1.15. The highest BCUT2D eigenvalue weighted by Crippen LogP contribution is 2.32. The Morgan fingerprint density at radius 3 is 2.31 bits per heavy atom. The second-order valence-corrected chi connectivity index (χ2v) is 9.96. The first-order chi connectivity index (χ1) is 17.5. The van der Waals surface area contributed by atoms with Gasteiger partial charge in [0.25, 0.3) is 0 Å². The van der Waals surface area contributed by atoms with E-state index in [-0.39, 0.29) is 35.6 Å². The molecule has 0 aromatic heterocycles. The predicted molar refractivity (Wildman–Crippen MR) is 137 cm³/mol. The van der Waals surface area contributed by atoms with Crippen molar-refractivity contribution in [2.75, 3.05) is 57.9 Å². The van der Waals surface area contributed by atoms with Gasteiger partial charge in [-0.05, 0) is 24.7 Å². The number of nitrogens with zero attached hydrogens (tertiary/aromatic N) is 4. The van der Waals surface area contributed by atoms with Crippen molar-refractivity contribution < 1.29 is 14.4 Å². The lowest BCUT2D eigenvalue weighted by molar-refractivity contribution is -0.141. The summed E-state index contributed by atoms with van der Waals surface area (Å²) in [4.78, 5) is 45.3. The van der Waals surface area contributed by atoms with Crippen molar-refractivity contribution >= 4 is 23.4 Å². The van der Waals surface area contributed by atoms with Crippen LogP contribution in [0.5, 0.6) is 0 Å². The second kappa shape index (κ2) is 10.8. The molecule has 3 heterocycles. The van der Waals surface area contributed by atoms with Crippen LogP contribution in [0.1, 0.15) is 5.56 Å². The van der Waals surface area contributed by atoms with E-state index < -0.39 is 0 Å². The number of carbonyl (C=O) groups is 3. The summed E-state index contributed by atoms with van der Waals surface area (Å²) in [5.74, 6) is -0.466. The van der Waals surface area contributed by atoms with E-state index in [1.165, 1.54) is 0 Å². The molecule has 36 heavy (non-hydrogen) atoms. The molecule has 3 fully saturated rings. The summed E-state index contributed by atoms with van der Waals surface area (Å²) in [5.41, 5.74) is 5.23. The van der Waals surface area contributed by atoms with Crippen LogP contribution in [0.25, 0.3) is 0 Å².